The van der Waals surface area contributed by atoms with E-state index in [4.69, 9.17) is 4.74 Å². The lowest BCUT2D eigenvalue weighted by Gasteiger charge is -2.96. The highest BCUT2D eigenvalue weighted by Crippen LogP contribution is 2.97. The van der Waals surface area contributed by atoms with E-state index in [1.165, 1.54) is 44.1 Å². The molecule has 1 aliphatic heterocycles. The van der Waals surface area contributed by atoms with Gasteiger partial charge in [-0.15, -0.1) is 0 Å². The second-order valence-electron chi connectivity index (χ2n) is 12.1. The molecule has 3 nitrogen and oxygen atoms in total. The summed E-state index contributed by atoms with van der Waals surface area (Å²) >= 11 is 0. The molecule has 5 fully saturated rings. The van der Waals surface area contributed by atoms with Crippen LogP contribution in [0.3, 0.4) is 0 Å². The maximum atomic E-state index is 10.5. The summed E-state index contributed by atoms with van der Waals surface area (Å²) in [5.41, 5.74) is 4.53. The Morgan fingerprint density at radius 3 is 2.21 bits per heavy atom. The number of aliphatic hydroxyl groups excluding tert-OH is 1. The zero-order chi connectivity index (χ0) is 22.3. The Morgan fingerprint density at radius 1 is 0.939 bits per heavy atom. The number of aliphatic hydroxyl groups is 1. The maximum Gasteiger partial charge on any atom is 0.119 e. The predicted octanol–water partition coefficient (Wildman–Crippen LogP) is 5.17. The van der Waals surface area contributed by atoms with Crippen molar-refractivity contribution in [3.8, 4) is 5.75 Å². The van der Waals surface area contributed by atoms with E-state index >= 15 is 0 Å². The second-order valence-corrected chi connectivity index (χ2v) is 12.1. The Morgan fingerprint density at radius 2 is 1.58 bits per heavy atom. The molecule has 0 radical (unpaired) electrons. The smallest absolute Gasteiger partial charge is 0.119 e. The largest absolute Gasteiger partial charge is 0.491 e. The fourth-order valence-corrected chi connectivity index (χ4v) is 9.49. The summed E-state index contributed by atoms with van der Waals surface area (Å²) < 4.78 is 6.00. The molecule has 4 saturated carbocycles. The molecular formula is C30H37NO2. The van der Waals surface area contributed by atoms with Crippen molar-refractivity contribution in [2.45, 2.75) is 62.4 Å². The highest BCUT2D eigenvalue weighted by atomic mass is 16.5. The third kappa shape index (κ3) is 2.53. The lowest BCUT2D eigenvalue weighted by molar-refractivity contribution is -0.413. The van der Waals surface area contributed by atoms with Gasteiger partial charge in [0, 0.05) is 17.4 Å². The summed E-state index contributed by atoms with van der Waals surface area (Å²) in [7, 11) is 0. The standard InChI is InChI=1S/C30H37NO2/c1-21-11-13-31(14-12-21)18-26(32)19-33-27-9-7-23(8-10-27)29-17-25-15-24-16-28(20-29,30(24,25)29)22-5-3-2-4-6-22/h2-10,21,24-26,32H,11-20H2,1H3/t24?,25?,26-,28?,29?,30?/m0/s1. The van der Waals surface area contributed by atoms with E-state index in [0.717, 1.165) is 43.1 Å². The van der Waals surface area contributed by atoms with Crippen molar-refractivity contribution < 1.29 is 9.84 Å². The molecule has 1 N–H and O–H groups in total. The number of piperidine rings is 1. The van der Waals surface area contributed by atoms with Crippen molar-refractivity contribution >= 4 is 0 Å². The van der Waals surface area contributed by atoms with Gasteiger partial charge in [0.1, 0.15) is 18.5 Å². The molecule has 5 aliphatic rings. The van der Waals surface area contributed by atoms with E-state index in [9.17, 15) is 5.11 Å². The van der Waals surface area contributed by atoms with Gasteiger partial charge in [0.15, 0.2) is 0 Å². The van der Waals surface area contributed by atoms with Gasteiger partial charge in [-0.05, 0) is 98.0 Å². The normalized spacial score (nSPS) is 39.7. The van der Waals surface area contributed by atoms with Crippen LogP contribution in [0.15, 0.2) is 54.6 Å². The highest BCUT2D eigenvalue weighted by Gasteiger charge is 2.93. The predicted molar refractivity (Wildman–Crippen MR) is 130 cm³/mol. The third-order valence-corrected chi connectivity index (χ3v) is 10.8. The molecular weight excluding hydrogens is 406 g/mol. The van der Waals surface area contributed by atoms with Gasteiger partial charge in [-0.25, -0.2) is 0 Å². The Kier molecular flexibility index (Phi) is 4.41. The van der Waals surface area contributed by atoms with E-state index in [-0.39, 0.29) is 0 Å². The van der Waals surface area contributed by atoms with Crippen LogP contribution in [0.2, 0.25) is 0 Å². The van der Waals surface area contributed by atoms with Crippen molar-refractivity contribution in [1.82, 2.24) is 4.90 Å². The number of nitrogens with zero attached hydrogens (tertiary/aromatic N) is 1. The van der Waals surface area contributed by atoms with E-state index in [1.807, 2.05) is 0 Å². The molecule has 2 aromatic carbocycles. The summed E-state index contributed by atoms with van der Waals surface area (Å²) in [6, 6.07) is 20.4. The number of rotatable bonds is 7. The molecule has 1 saturated heterocycles. The summed E-state index contributed by atoms with van der Waals surface area (Å²) in [6.07, 6.45) is 7.63. The molecule has 2 aromatic rings. The fourth-order valence-electron chi connectivity index (χ4n) is 9.49. The van der Waals surface area contributed by atoms with Crippen LogP contribution in [-0.2, 0) is 10.8 Å². The van der Waals surface area contributed by atoms with Crippen LogP contribution in [0, 0.1) is 23.2 Å². The molecule has 1 heterocycles. The Labute approximate surface area is 198 Å². The minimum atomic E-state index is -0.424. The van der Waals surface area contributed by atoms with Crippen LogP contribution in [0.1, 0.15) is 56.6 Å². The van der Waals surface area contributed by atoms with Crippen LogP contribution < -0.4 is 4.74 Å². The van der Waals surface area contributed by atoms with Crippen LogP contribution in [0.25, 0.3) is 0 Å². The molecule has 6 atom stereocenters. The number of benzene rings is 2. The van der Waals surface area contributed by atoms with Crippen LogP contribution >= 0.6 is 0 Å². The summed E-state index contributed by atoms with van der Waals surface area (Å²) in [4.78, 5) is 2.38. The Bertz CT molecular complexity index is 1020. The number of hydrogen-bond donors (Lipinski definition) is 1. The molecule has 174 valence electrons. The first-order chi connectivity index (χ1) is 16.1. The Hall–Kier alpha value is -1.84. The van der Waals surface area contributed by atoms with Gasteiger partial charge in [-0.3, -0.25) is 0 Å². The minimum absolute atomic E-state index is 0.377. The van der Waals surface area contributed by atoms with Crippen LogP contribution in [0.5, 0.6) is 5.75 Å². The van der Waals surface area contributed by atoms with Gasteiger partial charge in [-0.2, -0.15) is 0 Å². The summed E-state index contributed by atoms with van der Waals surface area (Å²) in [5, 5.41) is 10.5. The molecule has 7 rings (SSSR count). The highest BCUT2D eigenvalue weighted by molar-refractivity contribution is 5.58. The average molecular weight is 444 g/mol. The number of β-amino-alcohol motifs (C(OH)–C–C–N with tert-alkyl or cyclic N) is 1. The first-order valence-electron chi connectivity index (χ1n) is 13.3. The molecule has 0 aromatic heterocycles. The van der Waals surface area contributed by atoms with Gasteiger partial charge in [0.05, 0.1) is 0 Å². The van der Waals surface area contributed by atoms with Crippen molar-refractivity contribution in [3.05, 3.63) is 65.7 Å². The first-order valence-corrected chi connectivity index (χ1v) is 13.3. The first kappa shape index (κ1) is 20.5. The van der Waals surface area contributed by atoms with E-state index in [2.05, 4.69) is 66.4 Å². The van der Waals surface area contributed by atoms with Crippen LogP contribution in [0.4, 0.5) is 0 Å². The van der Waals surface area contributed by atoms with Gasteiger partial charge < -0.3 is 14.7 Å². The van der Waals surface area contributed by atoms with Gasteiger partial charge >= 0.3 is 0 Å². The molecule has 1 spiro atoms. The van der Waals surface area contributed by atoms with E-state index in [1.54, 1.807) is 5.56 Å². The van der Waals surface area contributed by atoms with Crippen LogP contribution in [-0.4, -0.2) is 42.4 Å². The molecule has 5 unspecified atom stereocenters. The average Bonchev–Trinajstić information content (AvgIpc) is 2.79. The zero-order valence-corrected chi connectivity index (χ0v) is 19.9. The molecule has 0 bridgehead atoms. The van der Waals surface area contributed by atoms with Crippen molar-refractivity contribution in [2.24, 2.45) is 23.2 Å². The minimum Gasteiger partial charge on any atom is -0.491 e. The number of likely N-dealkylation sites (tertiary alicyclic amines) is 1. The summed E-state index contributed by atoms with van der Waals surface area (Å²) in [6.45, 7) is 5.62. The van der Waals surface area contributed by atoms with E-state index < -0.39 is 6.10 Å². The molecule has 3 heteroatoms. The van der Waals surface area contributed by atoms with Crippen molar-refractivity contribution in [1.29, 1.82) is 0 Å². The molecule has 0 amide bonds. The monoisotopic (exact) mass is 443 g/mol. The second kappa shape index (κ2) is 7.09. The lowest BCUT2D eigenvalue weighted by Crippen LogP contribution is -2.93. The van der Waals surface area contributed by atoms with Crippen molar-refractivity contribution in [2.75, 3.05) is 26.2 Å². The topological polar surface area (TPSA) is 32.7 Å². The van der Waals surface area contributed by atoms with Crippen molar-refractivity contribution in [3.63, 3.8) is 0 Å². The Balaban J connectivity index is 1.02. The zero-order valence-electron chi connectivity index (χ0n) is 19.9. The van der Waals surface area contributed by atoms with Gasteiger partial charge in [0.25, 0.3) is 0 Å². The quantitative estimate of drug-likeness (QED) is 0.641. The molecule has 33 heavy (non-hydrogen) atoms. The number of ether oxygens (including phenoxy) is 1. The third-order valence-electron chi connectivity index (χ3n) is 10.8. The lowest BCUT2D eigenvalue weighted by atomic mass is 9.07. The maximum absolute atomic E-state index is 10.5. The van der Waals surface area contributed by atoms with Gasteiger partial charge in [-0.1, -0.05) is 49.4 Å². The number of hydrogen-bond acceptors (Lipinski definition) is 3. The van der Waals surface area contributed by atoms with Gasteiger partial charge in [0.2, 0.25) is 0 Å². The fraction of sp³-hybridized carbons (Fsp3) is 0.600. The SMILES string of the molecule is CC1CCN(C[C@H](O)COc2ccc(C34CC5CC6CC(c7ccccc7)(C3)C654)cc2)CC1. The molecule has 4 aliphatic carbocycles. The van der Waals surface area contributed by atoms with E-state index in [0.29, 0.717) is 22.9 Å². The summed E-state index contributed by atoms with van der Waals surface area (Å²) in [5.74, 6) is 3.59.